The second kappa shape index (κ2) is 4.10. The van der Waals surface area contributed by atoms with E-state index in [0.717, 1.165) is 5.69 Å². The van der Waals surface area contributed by atoms with Crippen LogP contribution in [0.2, 0.25) is 0 Å². The summed E-state index contributed by atoms with van der Waals surface area (Å²) in [5.41, 5.74) is 1.14. The molecule has 1 N–H and O–H groups in total. The summed E-state index contributed by atoms with van der Waals surface area (Å²) in [5.74, 6) is 1.21. The first-order chi connectivity index (χ1) is 7.88. The van der Waals surface area contributed by atoms with Gasteiger partial charge in [-0.3, -0.25) is 0 Å². The number of hydrogen-bond acceptors (Lipinski definition) is 4. The highest BCUT2D eigenvalue weighted by Gasteiger charge is 2.20. The SMILES string of the molecule is Cc1noc(Cn2c(C(C)(C)C)c[nH]c2=S)n1. The Balaban J connectivity index is 2.39. The third-order valence-corrected chi connectivity index (χ3v) is 2.84. The Hall–Kier alpha value is -1.43. The lowest BCUT2D eigenvalue weighted by Crippen LogP contribution is -2.18. The number of aromatic nitrogens is 4. The predicted molar refractivity (Wildman–Crippen MR) is 66.5 cm³/mol. The molecule has 2 heterocycles. The number of imidazole rings is 1. The Labute approximate surface area is 105 Å². The topological polar surface area (TPSA) is 59.6 Å². The molecular formula is C11H16N4OS. The van der Waals surface area contributed by atoms with E-state index in [1.165, 1.54) is 0 Å². The van der Waals surface area contributed by atoms with Crippen LogP contribution in [-0.2, 0) is 12.0 Å². The lowest BCUT2D eigenvalue weighted by atomic mass is 9.92. The van der Waals surface area contributed by atoms with Gasteiger partial charge in [-0.15, -0.1) is 0 Å². The zero-order valence-corrected chi connectivity index (χ0v) is 11.3. The van der Waals surface area contributed by atoms with Crippen molar-refractivity contribution in [2.24, 2.45) is 0 Å². The Morgan fingerprint density at radius 1 is 1.47 bits per heavy atom. The van der Waals surface area contributed by atoms with E-state index in [-0.39, 0.29) is 5.41 Å². The summed E-state index contributed by atoms with van der Waals surface area (Å²) < 4.78 is 7.78. The minimum Gasteiger partial charge on any atom is -0.337 e. The van der Waals surface area contributed by atoms with E-state index < -0.39 is 0 Å². The third kappa shape index (κ3) is 2.46. The van der Waals surface area contributed by atoms with Gasteiger partial charge in [0, 0.05) is 17.3 Å². The van der Waals surface area contributed by atoms with E-state index >= 15 is 0 Å². The molecule has 2 aromatic heterocycles. The fourth-order valence-electron chi connectivity index (χ4n) is 1.71. The molecule has 2 aromatic rings. The van der Waals surface area contributed by atoms with E-state index in [1.807, 2.05) is 10.8 Å². The van der Waals surface area contributed by atoms with Crippen LogP contribution in [0, 0.1) is 11.7 Å². The highest BCUT2D eigenvalue weighted by Crippen LogP contribution is 2.22. The standard InChI is InChI=1S/C11H16N4OS/c1-7-13-9(16-14-7)6-15-8(11(2,3)4)5-12-10(15)17/h5H,6H2,1-4H3,(H,12,17). The van der Waals surface area contributed by atoms with Crippen LogP contribution in [0.3, 0.4) is 0 Å². The van der Waals surface area contributed by atoms with Crippen LogP contribution in [-0.4, -0.2) is 19.7 Å². The molecule has 2 rings (SSSR count). The van der Waals surface area contributed by atoms with Crippen molar-refractivity contribution in [1.82, 2.24) is 19.7 Å². The van der Waals surface area contributed by atoms with Crippen molar-refractivity contribution in [2.45, 2.75) is 39.7 Å². The highest BCUT2D eigenvalue weighted by atomic mass is 32.1. The zero-order chi connectivity index (χ0) is 12.6. The number of nitrogens with zero attached hydrogens (tertiary/aromatic N) is 3. The molecule has 0 bridgehead atoms. The van der Waals surface area contributed by atoms with Crippen LogP contribution < -0.4 is 0 Å². The van der Waals surface area contributed by atoms with Crippen LogP contribution in [0.25, 0.3) is 0 Å². The van der Waals surface area contributed by atoms with Crippen molar-refractivity contribution in [3.05, 3.63) is 28.4 Å². The minimum absolute atomic E-state index is 0.0165. The molecule has 0 aliphatic carbocycles. The van der Waals surface area contributed by atoms with Gasteiger partial charge in [0.15, 0.2) is 10.6 Å². The normalized spacial score (nSPS) is 12.0. The number of aromatic amines is 1. The zero-order valence-electron chi connectivity index (χ0n) is 10.4. The fraction of sp³-hybridized carbons (Fsp3) is 0.545. The van der Waals surface area contributed by atoms with Crippen LogP contribution in [0.5, 0.6) is 0 Å². The first-order valence-corrected chi connectivity index (χ1v) is 5.86. The molecule has 6 heteroatoms. The molecule has 0 atom stereocenters. The molecule has 0 saturated carbocycles. The van der Waals surface area contributed by atoms with Gasteiger partial charge in [0.05, 0.1) is 0 Å². The minimum atomic E-state index is 0.0165. The van der Waals surface area contributed by atoms with Gasteiger partial charge >= 0.3 is 0 Å². The highest BCUT2D eigenvalue weighted by molar-refractivity contribution is 7.71. The third-order valence-electron chi connectivity index (χ3n) is 2.50. The maximum Gasteiger partial charge on any atom is 0.246 e. The number of H-pyrrole nitrogens is 1. The van der Waals surface area contributed by atoms with Gasteiger partial charge in [0.2, 0.25) is 5.89 Å². The van der Waals surface area contributed by atoms with Gasteiger partial charge in [-0.2, -0.15) is 4.98 Å². The monoisotopic (exact) mass is 252 g/mol. The smallest absolute Gasteiger partial charge is 0.246 e. The van der Waals surface area contributed by atoms with E-state index in [9.17, 15) is 0 Å². The molecule has 0 fully saturated rings. The molecule has 17 heavy (non-hydrogen) atoms. The van der Waals surface area contributed by atoms with Crippen LogP contribution >= 0.6 is 12.2 Å². The predicted octanol–water partition coefficient (Wildman–Crippen LogP) is 2.58. The van der Waals surface area contributed by atoms with Crippen molar-refractivity contribution in [1.29, 1.82) is 0 Å². The number of aryl methyl sites for hydroxylation is 1. The van der Waals surface area contributed by atoms with E-state index in [0.29, 0.717) is 23.0 Å². The molecule has 92 valence electrons. The number of hydrogen-bond donors (Lipinski definition) is 1. The van der Waals surface area contributed by atoms with Gasteiger partial charge in [0.25, 0.3) is 0 Å². The van der Waals surface area contributed by atoms with Crippen molar-refractivity contribution in [2.75, 3.05) is 0 Å². The molecule has 0 spiro atoms. The molecule has 0 aromatic carbocycles. The van der Waals surface area contributed by atoms with Gasteiger partial charge in [-0.25, -0.2) is 0 Å². The molecule has 0 unspecified atom stereocenters. The average Bonchev–Trinajstić information content (AvgIpc) is 2.74. The maximum atomic E-state index is 5.27. The van der Waals surface area contributed by atoms with Crippen molar-refractivity contribution in [3.63, 3.8) is 0 Å². The summed E-state index contributed by atoms with van der Waals surface area (Å²) in [4.78, 5) is 7.25. The van der Waals surface area contributed by atoms with Crippen LogP contribution in [0.4, 0.5) is 0 Å². The average molecular weight is 252 g/mol. The van der Waals surface area contributed by atoms with E-state index in [1.54, 1.807) is 6.92 Å². The Kier molecular flexibility index (Phi) is 2.91. The second-order valence-electron chi connectivity index (χ2n) is 5.05. The van der Waals surface area contributed by atoms with Crippen molar-refractivity contribution in [3.8, 4) is 0 Å². The number of rotatable bonds is 2. The number of nitrogens with one attached hydrogen (secondary N) is 1. The summed E-state index contributed by atoms with van der Waals surface area (Å²) in [6.45, 7) is 8.73. The lowest BCUT2D eigenvalue weighted by molar-refractivity contribution is 0.362. The largest absolute Gasteiger partial charge is 0.337 e. The lowest BCUT2D eigenvalue weighted by Gasteiger charge is -2.19. The summed E-state index contributed by atoms with van der Waals surface area (Å²) >= 11 is 5.27. The Bertz CT molecular complexity index is 573. The fourth-order valence-corrected chi connectivity index (χ4v) is 1.94. The second-order valence-corrected chi connectivity index (χ2v) is 5.44. The van der Waals surface area contributed by atoms with Gasteiger partial charge < -0.3 is 14.1 Å². The van der Waals surface area contributed by atoms with Gasteiger partial charge in [-0.05, 0) is 19.1 Å². The van der Waals surface area contributed by atoms with Crippen molar-refractivity contribution >= 4 is 12.2 Å². The van der Waals surface area contributed by atoms with Crippen LogP contribution in [0.1, 0.15) is 38.2 Å². The summed E-state index contributed by atoms with van der Waals surface area (Å²) in [7, 11) is 0. The summed E-state index contributed by atoms with van der Waals surface area (Å²) in [5, 5.41) is 3.78. The van der Waals surface area contributed by atoms with Crippen LogP contribution in [0.15, 0.2) is 10.7 Å². The molecule has 5 nitrogen and oxygen atoms in total. The Morgan fingerprint density at radius 3 is 2.71 bits per heavy atom. The molecule has 0 amide bonds. The molecular weight excluding hydrogens is 236 g/mol. The molecule has 0 aliphatic rings. The molecule has 0 aliphatic heterocycles. The first-order valence-electron chi connectivity index (χ1n) is 5.46. The first kappa shape index (κ1) is 12.0. The van der Waals surface area contributed by atoms with E-state index in [2.05, 4.69) is 35.9 Å². The quantitative estimate of drug-likeness (QED) is 0.835. The van der Waals surface area contributed by atoms with E-state index in [4.69, 9.17) is 16.7 Å². The molecule has 0 saturated heterocycles. The Morgan fingerprint density at radius 2 is 2.18 bits per heavy atom. The maximum absolute atomic E-state index is 5.27. The summed E-state index contributed by atoms with van der Waals surface area (Å²) in [6.07, 6.45) is 1.94. The summed E-state index contributed by atoms with van der Waals surface area (Å²) in [6, 6.07) is 0. The molecule has 0 radical (unpaired) electrons. The van der Waals surface area contributed by atoms with Crippen molar-refractivity contribution < 1.29 is 4.52 Å². The van der Waals surface area contributed by atoms with Gasteiger partial charge in [-0.1, -0.05) is 25.9 Å². The van der Waals surface area contributed by atoms with Gasteiger partial charge in [0.1, 0.15) is 6.54 Å².